The molecule has 0 saturated carbocycles. The first-order valence-corrected chi connectivity index (χ1v) is 12.7. The lowest BCUT2D eigenvalue weighted by atomic mass is 9.93. The number of anilines is 1. The molecule has 0 aliphatic carbocycles. The van der Waals surface area contributed by atoms with Crippen molar-refractivity contribution in [3.8, 4) is 0 Å². The summed E-state index contributed by atoms with van der Waals surface area (Å²) in [6.45, 7) is 8.38. The van der Waals surface area contributed by atoms with E-state index in [-0.39, 0.29) is 11.8 Å². The van der Waals surface area contributed by atoms with Gasteiger partial charge in [0, 0.05) is 70.0 Å². The second-order valence-corrected chi connectivity index (χ2v) is 10.1. The highest BCUT2D eigenvalue weighted by Gasteiger charge is 2.33. The molecule has 0 radical (unpaired) electrons. The number of carbonyl (C=O) groups excluding carboxylic acids is 2. The van der Waals surface area contributed by atoms with Crippen molar-refractivity contribution < 1.29 is 9.59 Å². The van der Waals surface area contributed by atoms with Gasteiger partial charge < -0.3 is 14.7 Å². The number of hydrogen-bond donors (Lipinski definition) is 0. The maximum atomic E-state index is 13.6. The van der Waals surface area contributed by atoms with Gasteiger partial charge in [0.15, 0.2) is 0 Å². The Hall–Kier alpha value is -1.96. The highest BCUT2D eigenvalue weighted by molar-refractivity contribution is 5.94. The maximum Gasteiger partial charge on any atom is 0.237 e. The molecule has 3 heterocycles. The summed E-state index contributed by atoms with van der Waals surface area (Å²) < 4.78 is 0. The highest BCUT2D eigenvalue weighted by atomic mass is 16.2. The fourth-order valence-corrected chi connectivity index (χ4v) is 5.63. The number of para-hydroxylation sites is 1. The molecular weight excluding hydrogens is 414 g/mol. The van der Waals surface area contributed by atoms with Crippen LogP contribution >= 0.6 is 0 Å². The third-order valence-corrected chi connectivity index (χ3v) is 7.90. The summed E-state index contributed by atoms with van der Waals surface area (Å²) in [6, 6.07) is 9.02. The molecule has 4 rings (SSSR count). The van der Waals surface area contributed by atoms with Crippen LogP contribution in [0.2, 0.25) is 0 Å². The molecule has 2 amide bonds. The van der Waals surface area contributed by atoms with Crippen molar-refractivity contribution in [3.63, 3.8) is 0 Å². The van der Waals surface area contributed by atoms with Gasteiger partial charge in [-0.2, -0.15) is 0 Å². The minimum atomic E-state index is 0.159. The SMILES string of the molecule is CCC(=O)N1CCC2CCCC(CN(C(=O)CN3CCN(C)CC3)Cc3ccccc31)N2C. The zero-order valence-electron chi connectivity index (χ0n) is 20.7. The smallest absolute Gasteiger partial charge is 0.237 e. The highest BCUT2D eigenvalue weighted by Crippen LogP contribution is 2.29. The van der Waals surface area contributed by atoms with Gasteiger partial charge in [-0.15, -0.1) is 0 Å². The molecule has 3 aliphatic heterocycles. The van der Waals surface area contributed by atoms with E-state index in [4.69, 9.17) is 0 Å². The molecule has 3 aliphatic rings. The fourth-order valence-electron chi connectivity index (χ4n) is 5.63. The number of piperazine rings is 1. The molecule has 0 N–H and O–H groups in total. The van der Waals surface area contributed by atoms with Crippen LogP contribution in [0.5, 0.6) is 0 Å². The summed E-state index contributed by atoms with van der Waals surface area (Å²) >= 11 is 0. The van der Waals surface area contributed by atoms with Crippen molar-refractivity contribution in [2.24, 2.45) is 0 Å². The zero-order valence-corrected chi connectivity index (χ0v) is 20.7. The molecule has 33 heavy (non-hydrogen) atoms. The lowest BCUT2D eigenvalue weighted by Gasteiger charge is -2.42. The van der Waals surface area contributed by atoms with Crippen molar-refractivity contribution in [2.45, 2.75) is 57.7 Å². The van der Waals surface area contributed by atoms with Crippen LogP contribution in [0.25, 0.3) is 0 Å². The molecule has 182 valence electrons. The third kappa shape index (κ3) is 5.76. The van der Waals surface area contributed by atoms with Gasteiger partial charge in [-0.3, -0.25) is 19.4 Å². The van der Waals surface area contributed by atoms with Crippen LogP contribution in [0.4, 0.5) is 5.69 Å². The Bertz CT molecular complexity index is 823. The number of likely N-dealkylation sites (N-methyl/N-ethyl adjacent to an activating group) is 2. The molecular formula is C26H41N5O2. The molecule has 1 aromatic rings. The van der Waals surface area contributed by atoms with Crippen molar-refractivity contribution in [1.82, 2.24) is 19.6 Å². The predicted octanol–water partition coefficient (Wildman–Crippen LogP) is 2.26. The Kier molecular flexibility index (Phi) is 8.04. The van der Waals surface area contributed by atoms with E-state index >= 15 is 0 Å². The number of piperidine rings is 1. The summed E-state index contributed by atoms with van der Waals surface area (Å²) in [5.74, 6) is 0.365. The normalized spacial score (nSPS) is 25.9. The second-order valence-electron chi connectivity index (χ2n) is 10.1. The van der Waals surface area contributed by atoms with Gasteiger partial charge >= 0.3 is 0 Å². The fraction of sp³-hybridized carbons (Fsp3) is 0.692. The van der Waals surface area contributed by atoms with Crippen LogP contribution in [0, 0.1) is 0 Å². The maximum absolute atomic E-state index is 13.6. The van der Waals surface area contributed by atoms with Crippen LogP contribution < -0.4 is 4.90 Å². The third-order valence-electron chi connectivity index (χ3n) is 7.90. The van der Waals surface area contributed by atoms with Crippen LogP contribution in [0.3, 0.4) is 0 Å². The predicted molar refractivity (Wildman–Crippen MR) is 132 cm³/mol. The molecule has 2 atom stereocenters. The van der Waals surface area contributed by atoms with E-state index in [1.807, 2.05) is 24.0 Å². The Morgan fingerprint density at radius 2 is 1.64 bits per heavy atom. The zero-order chi connectivity index (χ0) is 23.4. The van der Waals surface area contributed by atoms with Crippen LogP contribution in [0.1, 0.15) is 44.6 Å². The molecule has 0 aromatic heterocycles. The van der Waals surface area contributed by atoms with Gasteiger partial charge in [0.2, 0.25) is 11.8 Å². The van der Waals surface area contributed by atoms with E-state index in [9.17, 15) is 9.59 Å². The summed E-state index contributed by atoms with van der Waals surface area (Å²) in [5.41, 5.74) is 2.05. The van der Waals surface area contributed by atoms with E-state index in [1.54, 1.807) is 0 Å². The number of fused-ring (bicyclic) bond motifs is 3. The van der Waals surface area contributed by atoms with Gasteiger partial charge in [0.25, 0.3) is 0 Å². The molecule has 1 aromatic carbocycles. The first-order valence-electron chi connectivity index (χ1n) is 12.7. The summed E-state index contributed by atoms with van der Waals surface area (Å²) in [6.07, 6.45) is 4.95. The number of carbonyl (C=O) groups is 2. The first kappa shape index (κ1) is 24.2. The quantitative estimate of drug-likeness (QED) is 0.700. The molecule has 0 spiro atoms. The van der Waals surface area contributed by atoms with Gasteiger partial charge in [0.05, 0.1) is 6.54 Å². The summed E-state index contributed by atoms with van der Waals surface area (Å²) in [5, 5.41) is 0. The van der Waals surface area contributed by atoms with E-state index in [2.05, 4.69) is 45.8 Å². The van der Waals surface area contributed by atoms with E-state index < -0.39 is 0 Å². The van der Waals surface area contributed by atoms with Gasteiger partial charge in [0.1, 0.15) is 0 Å². The lowest BCUT2D eigenvalue weighted by molar-refractivity contribution is -0.134. The minimum absolute atomic E-state index is 0.159. The first-order chi connectivity index (χ1) is 16.0. The summed E-state index contributed by atoms with van der Waals surface area (Å²) in [4.78, 5) is 37.7. The van der Waals surface area contributed by atoms with Crippen molar-refractivity contribution in [1.29, 1.82) is 0 Å². The Labute approximate surface area is 199 Å². The number of benzene rings is 1. The largest absolute Gasteiger partial charge is 0.336 e. The minimum Gasteiger partial charge on any atom is -0.336 e. The van der Waals surface area contributed by atoms with E-state index in [0.29, 0.717) is 31.6 Å². The average Bonchev–Trinajstić information content (AvgIpc) is 2.83. The van der Waals surface area contributed by atoms with Gasteiger partial charge in [-0.1, -0.05) is 31.5 Å². The second kappa shape index (κ2) is 11.0. The molecule has 2 fully saturated rings. The van der Waals surface area contributed by atoms with Gasteiger partial charge in [-0.25, -0.2) is 0 Å². The Balaban J connectivity index is 1.62. The molecule has 2 saturated heterocycles. The Morgan fingerprint density at radius 3 is 2.39 bits per heavy atom. The number of rotatable bonds is 3. The van der Waals surface area contributed by atoms with Gasteiger partial charge in [-0.05, 0) is 45.0 Å². The standard InChI is InChI=1S/C26H41N5O2/c1-4-25(32)31-13-12-22-9-7-10-23(28(22)3)19-30(18-21-8-5-6-11-24(21)31)26(33)20-29-16-14-27(2)15-17-29/h5-6,8,11,22-23H,4,7,9-10,12-20H2,1-3H3. The van der Waals surface area contributed by atoms with E-state index in [0.717, 1.165) is 69.8 Å². The lowest BCUT2D eigenvalue weighted by Crippen LogP contribution is -2.53. The number of amides is 2. The molecule has 7 nitrogen and oxygen atoms in total. The Morgan fingerprint density at radius 1 is 0.909 bits per heavy atom. The molecule has 2 unspecified atom stereocenters. The topological polar surface area (TPSA) is 50.3 Å². The van der Waals surface area contributed by atoms with Crippen molar-refractivity contribution in [3.05, 3.63) is 29.8 Å². The van der Waals surface area contributed by atoms with Crippen molar-refractivity contribution >= 4 is 17.5 Å². The van der Waals surface area contributed by atoms with Crippen LogP contribution in [0.15, 0.2) is 24.3 Å². The van der Waals surface area contributed by atoms with Crippen LogP contribution in [-0.2, 0) is 16.1 Å². The van der Waals surface area contributed by atoms with Crippen LogP contribution in [-0.4, -0.2) is 103 Å². The van der Waals surface area contributed by atoms with Crippen molar-refractivity contribution in [2.75, 3.05) is 64.8 Å². The molecule has 7 heteroatoms. The monoisotopic (exact) mass is 455 g/mol. The number of hydrogen-bond acceptors (Lipinski definition) is 5. The molecule has 2 bridgehead atoms. The average molecular weight is 456 g/mol. The number of nitrogens with zero attached hydrogens (tertiary/aromatic N) is 5. The van der Waals surface area contributed by atoms with E-state index in [1.165, 1.54) is 6.42 Å². The summed E-state index contributed by atoms with van der Waals surface area (Å²) in [7, 11) is 4.36.